The molecule has 0 unspecified atom stereocenters. The average Bonchev–Trinajstić information content (AvgIpc) is 3.25. The summed E-state index contributed by atoms with van der Waals surface area (Å²) in [6.45, 7) is 7.20. The Morgan fingerprint density at radius 2 is 0.823 bits per heavy atom. The van der Waals surface area contributed by atoms with E-state index >= 15 is 0 Å². The van der Waals surface area contributed by atoms with Crippen LogP contribution in [0.1, 0.15) is 80.3 Å². The molecule has 0 saturated carbocycles. The average molecular weight is 905 g/mol. The van der Waals surface area contributed by atoms with Crippen LogP contribution >= 0.6 is 29.0 Å². The van der Waals surface area contributed by atoms with E-state index in [0.717, 1.165) is 4.90 Å². The number of Topliss-reactive ketones (excluding diaryl/α,β-unsaturated/α-hetero) is 4. The van der Waals surface area contributed by atoms with Gasteiger partial charge in [0.15, 0.2) is 23.1 Å². The summed E-state index contributed by atoms with van der Waals surface area (Å²) in [5.74, 6) is 1.19. The maximum atomic E-state index is 12.8. The molecule has 0 aromatic heterocycles. The fraction of sp³-hybridized carbons (Fsp3) is 0.244. The predicted molar refractivity (Wildman–Crippen MR) is 237 cm³/mol. The molecule has 14 nitrogen and oxygen atoms in total. The minimum absolute atomic E-state index is 0.107. The van der Waals surface area contributed by atoms with E-state index in [0.29, 0.717) is 34.1 Å². The van der Waals surface area contributed by atoms with Gasteiger partial charge >= 0.3 is 17.2 Å². The van der Waals surface area contributed by atoms with Crippen LogP contribution in [-0.4, -0.2) is 57.8 Å². The molecular weight excluding hydrogens is 858 g/mol. The van der Waals surface area contributed by atoms with Crippen molar-refractivity contribution in [2.75, 3.05) is 34.7 Å². The van der Waals surface area contributed by atoms with E-state index in [9.17, 15) is 19.2 Å². The Labute approximate surface area is 367 Å². The topological polar surface area (TPSA) is 161 Å². The van der Waals surface area contributed by atoms with Crippen molar-refractivity contribution >= 4 is 52.1 Å². The third-order valence-electron chi connectivity index (χ3n) is 9.02. The van der Waals surface area contributed by atoms with Gasteiger partial charge in [0.1, 0.15) is 51.7 Å². The van der Waals surface area contributed by atoms with Gasteiger partial charge in [-0.2, -0.15) is 0 Å². The molecule has 0 N–H and O–H groups in total. The molecule has 5 aromatic rings. The zero-order valence-electron chi connectivity index (χ0n) is 35.8. The summed E-state index contributed by atoms with van der Waals surface area (Å²) in [6, 6.07) is 22.6. The zero-order chi connectivity index (χ0) is 45.1. The summed E-state index contributed by atoms with van der Waals surface area (Å²) in [5, 5.41) is 0. The molecule has 62 heavy (non-hydrogen) atoms. The third kappa shape index (κ3) is 11.9. The molecule has 0 aliphatic heterocycles. The van der Waals surface area contributed by atoms with Gasteiger partial charge in [-0.1, -0.05) is 0 Å². The summed E-state index contributed by atoms with van der Waals surface area (Å²) in [5.41, 5.74) is 2.05. The number of carbonyl (C=O) groups excluding carboxylic acids is 4. The van der Waals surface area contributed by atoms with Crippen LogP contribution in [0.25, 0.3) is 0 Å². The zero-order valence-corrected chi connectivity index (χ0v) is 38.4. The lowest BCUT2D eigenvalue weighted by atomic mass is 10.1. The first-order valence-electron chi connectivity index (χ1n) is 18.7. The Kier molecular flexibility index (Phi) is 16.6. The van der Waals surface area contributed by atoms with Crippen LogP contribution in [0.4, 0.5) is 0 Å². The summed E-state index contributed by atoms with van der Waals surface area (Å²) < 4.78 is 60.4. The number of carbonyl (C=O) groups is 4. The maximum absolute atomic E-state index is 12.8. The molecule has 0 amide bonds. The van der Waals surface area contributed by atoms with Gasteiger partial charge in [-0.05, 0) is 107 Å². The molecule has 0 aliphatic rings. The van der Waals surface area contributed by atoms with Gasteiger partial charge in [0.2, 0.25) is 0 Å². The van der Waals surface area contributed by atoms with Gasteiger partial charge in [0, 0.05) is 34.7 Å². The summed E-state index contributed by atoms with van der Waals surface area (Å²) >= 11 is 1.48. The first-order chi connectivity index (χ1) is 29.7. The highest BCUT2D eigenvalue weighted by atomic mass is 32.2. The molecule has 0 aliphatic carbocycles. The van der Waals surface area contributed by atoms with Crippen molar-refractivity contribution in [2.45, 2.75) is 46.1 Å². The van der Waals surface area contributed by atoms with E-state index in [2.05, 4.69) is 0 Å². The lowest BCUT2D eigenvalue weighted by Gasteiger charge is -2.24. The van der Waals surface area contributed by atoms with Crippen molar-refractivity contribution in [3.8, 4) is 51.7 Å². The van der Waals surface area contributed by atoms with Crippen LogP contribution in [0.2, 0.25) is 0 Å². The predicted octanol–water partition coefficient (Wildman–Crippen LogP) is 11.2. The Morgan fingerprint density at radius 1 is 0.484 bits per heavy atom. The van der Waals surface area contributed by atoms with Crippen LogP contribution < -0.4 is 41.6 Å². The monoisotopic (exact) mass is 904 g/mol. The molecule has 0 fully saturated rings. The number of hydrogen-bond acceptors (Lipinski definition) is 15. The standard InChI is InChI=1S/C45H46O14P2S/c1-26-19-36(62-10)20-31(25-54-60(55-41-21-32(50-6)11-15-37(41)27(2)46)56-42-22-33(51-7)12-16-38(42)28(3)47)45(26)59-61(57-43-23-34(52-8)13-17-39(43)29(4)48)58-44-24-35(53-9)14-18-40(44)30(5)49/h11-24H,25H2,1-10H3. The first kappa shape index (κ1) is 47.2. The summed E-state index contributed by atoms with van der Waals surface area (Å²) in [6.07, 6.45) is 1.91. The van der Waals surface area contributed by atoms with Crippen molar-refractivity contribution in [2.24, 2.45) is 0 Å². The van der Waals surface area contributed by atoms with Gasteiger partial charge < -0.3 is 41.6 Å². The molecule has 0 saturated heterocycles. The number of methoxy groups -OCH3 is 4. The SMILES string of the molecule is COc1ccc(C(C)=O)c(OP(OCc2cc(SC)cc(C)c2OP(Oc2cc(OC)ccc2C(C)=O)Oc2cc(OC)ccc2C(C)=O)Oc2cc(OC)ccc2C(C)=O)c1. The minimum atomic E-state index is -2.53. The van der Waals surface area contributed by atoms with Crippen LogP contribution in [0, 0.1) is 6.92 Å². The van der Waals surface area contributed by atoms with E-state index in [-0.39, 0.29) is 80.7 Å². The number of ketones is 4. The molecule has 0 spiro atoms. The van der Waals surface area contributed by atoms with Gasteiger partial charge in [0.05, 0.1) is 57.3 Å². The maximum Gasteiger partial charge on any atom is 0.530 e. The normalized spacial score (nSPS) is 10.8. The van der Waals surface area contributed by atoms with E-state index in [1.807, 2.05) is 25.3 Å². The highest BCUT2D eigenvalue weighted by Gasteiger charge is 2.30. The minimum Gasteiger partial charge on any atom is -0.497 e. The van der Waals surface area contributed by atoms with E-state index in [1.165, 1.54) is 92.2 Å². The second-order valence-electron chi connectivity index (χ2n) is 13.3. The largest absolute Gasteiger partial charge is 0.530 e. The molecule has 0 radical (unpaired) electrons. The molecule has 0 heterocycles. The number of benzene rings is 5. The number of ether oxygens (including phenoxy) is 4. The molecule has 5 aromatic carbocycles. The van der Waals surface area contributed by atoms with E-state index in [4.69, 9.17) is 46.1 Å². The molecule has 17 heteroatoms. The Bertz CT molecular complexity index is 2320. The molecule has 5 rings (SSSR count). The second kappa shape index (κ2) is 21.8. The van der Waals surface area contributed by atoms with Gasteiger partial charge in [0.25, 0.3) is 0 Å². The molecule has 0 atom stereocenters. The highest BCUT2D eigenvalue weighted by molar-refractivity contribution is 7.98. The second-order valence-corrected chi connectivity index (χ2v) is 16.2. The Morgan fingerprint density at radius 3 is 1.13 bits per heavy atom. The van der Waals surface area contributed by atoms with Crippen molar-refractivity contribution in [3.05, 3.63) is 118 Å². The Balaban J connectivity index is 1.61. The van der Waals surface area contributed by atoms with Crippen LogP contribution in [-0.2, 0) is 11.1 Å². The fourth-order valence-electron chi connectivity index (χ4n) is 5.80. The smallest absolute Gasteiger partial charge is 0.497 e. The van der Waals surface area contributed by atoms with Crippen molar-refractivity contribution in [1.82, 2.24) is 0 Å². The first-order valence-corrected chi connectivity index (χ1v) is 22.2. The lowest BCUT2D eigenvalue weighted by Crippen LogP contribution is -2.10. The van der Waals surface area contributed by atoms with Gasteiger partial charge in [-0.15, -0.1) is 11.8 Å². The van der Waals surface area contributed by atoms with Crippen LogP contribution in [0.5, 0.6) is 51.7 Å². The number of aryl methyl sites for hydroxylation is 1. The Hall–Kier alpha value is -5.85. The summed E-state index contributed by atoms with van der Waals surface area (Å²) in [4.78, 5) is 52.0. The quantitative estimate of drug-likeness (QED) is 0.0366. The molecule has 0 bridgehead atoms. The highest BCUT2D eigenvalue weighted by Crippen LogP contribution is 2.50. The van der Waals surface area contributed by atoms with Crippen LogP contribution in [0.3, 0.4) is 0 Å². The fourth-order valence-corrected chi connectivity index (χ4v) is 8.51. The summed E-state index contributed by atoms with van der Waals surface area (Å²) in [7, 11) is 0.925. The van der Waals surface area contributed by atoms with Gasteiger partial charge in [-0.25, -0.2) is 0 Å². The third-order valence-corrected chi connectivity index (χ3v) is 11.8. The van der Waals surface area contributed by atoms with Gasteiger partial charge in [-0.3, -0.25) is 23.7 Å². The number of rotatable bonds is 22. The lowest BCUT2D eigenvalue weighted by molar-refractivity contribution is 0.100. The number of hydrogen-bond donors (Lipinski definition) is 0. The van der Waals surface area contributed by atoms with E-state index < -0.39 is 17.2 Å². The van der Waals surface area contributed by atoms with Crippen molar-refractivity contribution < 1.29 is 65.3 Å². The van der Waals surface area contributed by atoms with Crippen LogP contribution in [0.15, 0.2) is 89.8 Å². The van der Waals surface area contributed by atoms with Crippen molar-refractivity contribution in [1.29, 1.82) is 0 Å². The number of thioether (sulfide) groups is 1. The molecule has 326 valence electrons. The molecular formula is C45H46O14P2S. The van der Waals surface area contributed by atoms with E-state index in [1.54, 1.807) is 48.5 Å². The van der Waals surface area contributed by atoms with Crippen molar-refractivity contribution in [3.63, 3.8) is 0 Å².